The summed E-state index contributed by atoms with van der Waals surface area (Å²) in [5, 5.41) is 13.2. The van der Waals surface area contributed by atoms with Crippen LogP contribution >= 0.6 is 0 Å². The summed E-state index contributed by atoms with van der Waals surface area (Å²) in [5.74, 6) is 0.589. The molecule has 1 aromatic rings. The molecule has 2 rings (SSSR count). The number of nitrogens with one attached hydrogen (secondary N) is 1. The minimum absolute atomic E-state index is 0.0449. The van der Waals surface area contributed by atoms with Crippen LogP contribution in [0, 0.1) is 5.92 Å². The minimum atomic E-state index is -0.810. The Morgan fingerprint density at radius 3 is 2.41 bits per heavy atom. The van der Waals surface area contributed by atoms with Crippen LogP contribution in [0.25, 0.3) is 0 Å². The van der Waals surface area contributed by atoms with Gasteiger partial charge in [-0.05, 0) is 23.5 Å². The van der Waals surface area contributed by atoms with E-state index in [2.05, 4.69) is 31.3 Å². The summed E-state index contributed by atoms with van der Waals surface area (Å²) in [7, 11) is 0. The number of carbonyl (C=O) groups is 1. The first-order valence-electron chi connectivity index (χ1n) is 8.11. The molecule has 0 bridgehead atoms. The van der Waals surface area contributed by atoms with Gasteiger partial charge in [0.15, 0.2) is 0 Å². The van der Waals surface area contributed by atoms with Crippen molar-refractivity contribution >= 4 is 5.91 Å². The van der Waals surface area contributed by atoms with Gasteiger partial charge in [0.05, 0.1) is 12.0 Å². The van der Waals surface area contributed by atoms with Crippen LogP contribution in [0.3, 0.4) is 0 Å². The van der Waals surface area contributed by atoms with E-state index in [1.807, 2.05) is 12.1 Å². The molecule has 1 fully saturated rings. The van der Waals surface area contributed by atoms with E-state index in [9.17, 15) is 9.90 Å². The predicted octanol–water partition coefficient (Wildman–Crippen LogP) is 2.09. The van der Waals surface area contributed by atoms with Crippen molar-refractivity contribution in [3.8, 4) is 0 Å². The van der Waals surface area contributed by atoms with Crippen molar-refractivity contribution < 1.29 is 14.6 Å². The molecule has 1 aliphatic heterocycles. The number of aliphatic hydroxyl groups is 1. The number of ether oxygens (including phenoxy) is 1. The highest BCUT2D eigenvalue weighted by Gasteiger charge is 2.29. The predicted molar refractivity (Wildman–Crippen MR) is 86.7 cm³/mol. The second-order valence-electron chi connectivity index (χ2n) is 6.70. The highest BCUT2D eigenvalue weighted by atomic mass is 16.5. The summed E-state index contributed by atoms with van der Waals surface area (Å²) in [6, 6.07) is 8.21. The van der Waals surface area contributed by atoms with E-state index in [1.54, 1.807) is 0 Å². The van der Waals surface area contributed by atoms with Crippen LogP contribution in [0.2, 0.25) is 0 Å². The summed E-state index contributed by atoms with van der Waals surface area (Å²) >= 11 is 0. The van der Waals surface area contributed by atoms with Gasteiger partial charge in [0.2, 0.25) is 5.91 Å². The molecule has 0 aromatic heterocycles. The Morgan fingerprint density at radius 1 is 1.23 bits per heavy atom. The maximum Gasteiger partial charge on any atom is 0.224 e. The Bertz CT molecular complexity index is 476. The molecule has 0 radical (unpaired) electrons. The lowest BCUT2D eigenvalue weighted by Crippen LogP contribution is -2.46. The number of hydrogen-bond acceptors (Lipinski definition) is 3. The Kier molecular flexibility index (Phi) is 5.98. The number of amides is 1. The van der Waals surface area contributed by atoms with Crippen LogP contribution in [0.4, 0.5) is 0 Å². The third-order valence-electron chi connectivity index (χ3n) is 4.07. The second kappa shape index (κ2) is 7.75. The molecule has 2 N–H and O–H groups in total. The van der Waals surface area contributed by atoms with E-state index in [-0.39, 0.29) is 5.91 Å². The molecule has 0 saturated carbocycles. The molecule has 1 amide bonds. The Labute approximate surface area is 132 Å². The zero-order valence-corrected chi connectivity index (χ0v) is 13.6. The second-order valence-corrected chi connectivity index (χ2v) is 6.70. The van der Waals surface area contributed by atoms with Crippen molar-refractivity contribution in [1.29, 1.82) is 0 Å². The van der Waals surface area contributed by atoms with Gasteiger partial charge < -0.3 is 15.2 Å². The summed E-state index contributed by atoms with van der Waals surface area (Å²) in [4.78, 5) is 12.0. The van der Waals surface area contributed by atoms with Gasteiger partial charge in [-0.1, -0.05) is 38.1 Å². The van der Waals surface area contributed by atoms with Crippen molar-refractivity contribution in [1.82, 2.24) is 5.32 Å². The Hall–Kier alpha value is -1.39. The van der Waals surface area contributed by atoms with E-state index in [1.165, 1.54) is 5.56 Å². The molecule has 1 heterocycles. The van der Waals surface area contributed by atoms with Crippen LogP contribution in [0.1, 0.15) is 37.8 Å². The fraction of sp³-hybridized carbons (Fsp3) is 0.611. The first-order chi connectivity index (χ1) is 10.5. The van der Waals surface area contributed by atoms with E-state index in [0.717, 1.165) is 12.0 Å². The molecule has 4 nitrogen and oxygen atoms in total. The summed E-state index contributed by atoms with van der Waals surface area (Å²) < 4.78 is 5.23. The monoisotopic (exact) mass is 305 g/mol. The third kappa shape index (κ3) is 5.43. The summed E-state index contributed by atoms with van der Waals surface area (Å²) in [6.07, 6.45) is 2.57. The van der Waals surface area contributed by atoms with Gasteiger partial charge in [-0.3, -0.25) is 4.79 Å². The van der Waals surface area contributed by atoms with Gasteiger partial charge in [0.25, 0.3) is 0 Å². The lowest BCUT2D eigenvalue weighted by Gasteiger charge is -2.32. The number of carbonyl (C=O) groups excluding carboxylic acids is 1. The van der Waals surface area contributed by atoms with E-state index in [4.69, 9.17) is 4.74 Å². The van der Waals surface area contributed by atoms with E-state index < -0.39 is 5.60 Å². The van der Waals surface area contributed by atoms with Crippen LogP contribution in [-0.2, 0) is 22.4 Å². The molecule has 4 heteroatoms. The fourth-order valence-electron chi connectivity index (χ4n) is 2.70. The van der Waals surface area contributed by atoms with Crippen molar-refractivity contribution in [3.05, 3.63) is 35.4 Å². The Balaban J connectivity index is 1.79. The SMILES string of the molecule is CC(C)Cc1ccc(CC(=O)NCC2(O)CCOCC2)cc1. The van der Waals surface area contributed by atoms with Crippen LogP contribution in [-0.4, -0.2) is 36.4 Å². The number of benzene rings is 1. The molecule has 1 saturated heterocycles. The zero-order chi connectivity index (χ0) is 16.0. The maximum atomic E-state index is 12.0. The highest BCUT2D eigenvalue weighted by molar-refractivity contribution is 5.78. The van der Waals surface area contributed by atoms with Crippen molar-refractivity contribution in [2.24, 2.45) is 5.92 Å². The maximum absolute atomic E-state index is 12.0. The van der Waals surface area contributed by atoms with Crippen molar-refractivity contribution in [2.75, 3.05) is 19.8 Å². The summed E-state index contributed by atoms with van der Waals surface area (Å²) in [6.45, 7) is 5.82. The average molecular weight is 305 g/mol. The number of hydrogen-bond donors (Lipinski definition) is 2. The zero-order valence-electron chi connectivity index (χ0n) is 13.6. The topological polar surface area (TPSA) is 58.6 Å². The van der Waals surface area contributed by atoms with Crippen LogP contribution < -0.4 is 5.32 Å². The first kappa shape index (κ1) is 17.0. The van der Waals surface area contributed by atoms with Crippen molar-refractivity contribution in [2.45, 2.75) is 45.1 Å². The van der Waals surface area contributed by atoms with Gasteiger partial charge in [-0.25, -0.2) is 0 Å². The van der Waals surface area contributed by atoms with Gasteiger partial charge in [0.1, 0.15) is 0 Å². The van der Waals surface area contributed by atoms with Crippen molar-refractivity contribution in [3.63, 3.8) is 0 Å². The van der Waals surface area contributed by atoms with Crippen LogP contribution in [0.5, 0.6) is 0 Å². The fourth-order valence-corrected chi connectivity index (χ4v) is 2.70. The average Bonchev–Trinajstić information content (AvgIpc) is 2.48. The molecule has 0 spiro atoms. The first-order valence-corrected chi connectivity index (χ1v) is 8.11. The van der Waals surface area contributed by atoms with E-state index >= 15 is 0 Å². The lowest BCUT2D eigenvalue weighted by atomic mass is 9.94. The molecule has 0 unspecified atom stereocenters. The molecule has 0 atom stereocenters. The quantitative estimate of drug-likeness (QED) is 0.846. The lowest BCUT2D eigenvalue weighted by molar-refractivity contribution is -0.123. The molecule has 1 aliphatic rings. The smallest absolute Gasteiger partial charge is 0.224 e. The van der Waals surface area contributed by atoms with Crippen LogP contribution in [0.15, 0.2) is 24.3 Å². The Morgan fingerprint density at radius 2 is 1.82 bits per heavy atom. The molecule has 122 valence electrons. The molecular weight excluding hydrogens is 278 g/mol. The normalized spacial score (nSPS) is 17.5. The largest absolute Gasteiger partial charge is 0.388 e. The summed E-state index contributed by atoms with van der Waals surface area (Å²) in [5.41, 5.74) is 1.49. The standard InChI is InChI=1S/C18H27NO3/c1-14(2)11-15-3-5-16(6-4-15)12-17(20)19-13-18(21)7-9-22-10-8-18/h3-6,14,21H,7-13H2,1-2H3,(H,19,20). The van der Waals surface area contributed by atoms with Gasteiger partial charge >= 0.3 is 0 Å². The molecule has 1 aromatic carbocycles. The van der Waals surface area contributed by atoms with E-state index in [0.29, 0.717) is 44.9 Å². The van der Waals surface area contributed by atoms with Gasteiger partial charge in [0, 0.05) is 32.6 Å². The minimum Gasteiger partial charge on any atom is -0.388 e. The highest BCUT2D eigenvalue weighted by Crippen LogP contribution is 2.19. The molecule has 0 aliphatic carbocycles. The van der Waals surface area contributed by atoms with Gasteiger partial charge in [-0.2, -0.15) is 0 Å². The molecular formula is C18H27NO3. The number of rotatable bonds is 6. The molecule has 22 heavy (non-hydrogen) atoms. The third-order valence-corrected chi connectivity index (χ3v) is 4.07. The van der Waals surface area contributed by atoms with Gasteiger partial charge in [-0.15, -0.1) is 0 Å².